The van der Waals surface area contributed by atoms with Crippen LogP contribution in [0.25, 0.3) is 11.3 Å². The molecular weight excluding hydrogens is 252 g/mol. The molecule has 3 rings (SSSR count). The Kier molecular flexibility index (Phi) is 3.28. The zero-order valence-electron chi connectivity index (χ0n) is 11.4. The molecule has 0 aliphatic carbocycles. The molecular formula is C15H18N4O. The highest BCUT2D eigenvalue weighted by Crippen LogP contribution is 2.27. The number of amides is 1. The molecule has 3 N–H and O–H groups in total. The first kappa shape index (κ1) is 12.9. The van der Waals surface area contributed by atoms with Crippen molar-refractivity contribution in [2.24, 2.45) is 5.41 Å². The van der Waals surface area contributed by atoms with E-state index >= 15 is 0 Å². The number of carbonyl (C=O) groups excluding carboxylic acids is 1. The van der Waals surface area contributed by atoms with Gasteiger partial charge in [0, 0.05) is 18.4 Å². The lowest BCUT2D eigenvalue weighted by atomic mass is 9.88. The van der Waals surface area contributed by atoms with E-state index in [1.165, 1.54) is 0 Å². The maximum Gasteiger partial charge on any atom is 0.231 e. The highest BCUT2D eigenvalue weighted by Gasteiger charge is 2.36. The molecule has 0 bridgehead atoms. The topological polar surface area (TPSA) is 69.8 Å². The van der Waals surface area contributed by atoms with Crippen LogP contribution in [0.4, 0.5) is 5.69 Å². The Hall–Kier alpha value is -2.14. The van der Waals surface area contributed by atoms with Gasteiger partial charge in [-0.2, -0.15) is 5.10 Å². The van der Waals surface area contributed by atoms with Crippen LogP contribution in [-0.2, 0) is 4.79 Å². The zero-order chi connectivity index (χ0) is 14.0. The number of H-pyrrole nitrogens is 1. The van der Waals surface area contributed by atoms with Gasteiger partial charge in [-0.3, -0.25) is 9.89 Å². The van der Waals surface area contributed by atoms with E-state index in [1.807, 2.05) is 37.3 Å². The molecule has 1 aliphatic heterocycles. The van der Waals surface area contributed by atoms with Gasteiger partial charge in [-0.15, -0.1) is 0 Å². The van der Waals surface area contributed by atoms with Gasteiger partial charge in [0.1, 0.15) is 0 Å². The van der Waals surface area contributed by atoms with Gasteiger partial charge in [0.25, 0.3) is 0 Å². The normalized spacial score (nSPS) is 21.9. The third kappa shape index (κ3) is 2.44. The van der Waals surface area contributed by atoms with Crippen molar-refractivity contribution in [3.05, 3.63) is 36.5 Å². The molecule has 5 heteroatoms. The third-order valence-corrected chi connectivity index (χ3v) is 3.87. The van der Waals surface area contributed by atoms with Gasteiger partial charge < -0.3 is 10.6 Å². The van der Waals surface area contributed by atoms with Gasteiger partial charge >= 0.3 is 0 Å². The van der Waals surface area contributed by atoms with E-state index in [-0.39, 0.29) is 11.3 Å². The summed E-state index contributed by atoms with van der Waals surface area (Å²) in [4.78, 5) is 12.3. The molecule has 2 heterocycles. The first-order valence-electron chi connectivity index (χ1n) is 6.79. The molecule has 1 atom stereocenters. The molecule has 104 valence electrons. The number of aromatic nitrogens is 2. The first-order chi connectivity index (χ1) is 9.67. The van der Waals surface area contributed by atoms with E-state index in [2.05, 4.69) is 20.8 Å². The largest absolute Gasteiger partial charge is 0.326 e. The fourth-order valence-electron chi connectivity index (χ4n) is 2.44. The Bertz CT molecular complexity index is 583. The summed E-state index contributed by atoms with van der Waals surface area (Å²) in [7, 11) is 0. The molecule has 20 heavy (non-hydrogen) atoms. The third-order valence-electron chi connectivity index (χ3n) is 3.87. The minimum absolute atomic E-state index is 0.0804. The molecule has 5 nitrogen and oxygen atoms in total. The smallest absolute Gasteiger partial charge is 0.231 e. The van der Waals surface area contributed by atoms with Gasteiger partial charge in [0.15, 0.2) is 0 Å². The lowest BCUT2D eigenvalue weighted by Gasteiger charge is -2.21. The van der Waals surface area contributed by atoms with Crippen LogP contribution >= 0.6 is 0 Å². The molecule has 2 aromatic rings. The fraction of sp³-hybridized carbons (Fsp3) is 0.333. The zero-order valence-corrected chi connectivity index (χ0v) is 11.4. The monoisotopic (exact) mass is 270 g/mol. The molecule has 1 fully saturated rings. The van der Waals surface area contributed by atoms with Crippen molar-refractivity contribution in [2.45, 2.75) is 13.3 Å². The second-order valence-corrected chi connectivity index (χ2v) is 5.49. The average Bonchev–Trinajstić information content (AvgIpc) is 3.11. The molecule has 1 amide bonds. The Balaban J connectivity index is 1.71. The van der Waals surface area contributed by atoms with Crippen molar-refractivity contribution >= 4 is 11.6 Å². The fourth-order valence-corrected chi connectivity index (χ4v) is 2.44. The van der Waals surface area contributed by atoms with Crippen molar-refractivity contribution in [1.29, 1.82) is 0 Å². The second-order valence-electron chi connectivity index (χ2n) is 5.49. The van der Waals surface area contributed by atoms with Crippen molar-refractivity contribution in [3.8, 4) is 11.3 Å². The summed E-state index contributed by atoms with van der Waals surface area (Å²) in [5.74, 6) is 0.0804. The minimum atomic E-state index is -0.304. The number of aromatic amines is 1. The van der Waals surface area contributed by atoms with E-state index in [0.29, 0.717) is 0 Å². The highest BCUT2D eigenvalue weighted by atomic mass is 16.2. The van der Waals surface area contributed by atoms with Crippen LogP contribution in [-0.4, -0.2) is 29.2 Å². The van der Waals surface area contributed by atoms with Gasteiger partial charge in [-0.05, 0) is 43.7 Å². The predicted molar refractivity (Wildman–Crippen MR) is 78.2 cm³/mol. The number of anilines is 1. The maximum atomic E-state index is 12.3. The van der Waals surface area contributed by atoms with Crippen LogP contribution in [0.2, 0.25) is 0 Å². The molecule has 0 saturated carbocycles. The van der Waals surface area contributed by atoms with Crippen molar-refractivity contribution in [3.63, 3.8) is 0 Å². The maximum absolute atomic E-state index is 12.3. The second kappa shape index (κ2) is 5.09. The lowest BCUT2D eigenvalue weighted by molar-refractivity contribution is -0.123. The van der Waals surface area contributed by atoms with Crippen LogP contribution in [0.1, 0.15) is 13.3 Å². The Morgan fingerprint density at radius 2 is 2.10 bits per heavy atom. The summed E-state index contributed by atoms with van der Waals surface area (Å²) in [5, 5.41) is 13.1. The SMILES string of the molecule is CC1(C(=O)Nc2ccc(-c3ccn[nH]3)cc2)CCNC1. The lowest BCUT2D eigenvalue weighted by Crippen LogP contribution is -2.35. The molecule has 1 aromatic heterocycles. The average molecular weight is 270 g/mol. The van der Waals surface area contributed by atoms with E-state index in [9.17, 15) is 4.79 Å². The number of hydrogen-bond acceptors (Lipinski definition) is 3. The summed E-state index contributed by atoms with van der Waals surface area (Å²) >= 11 is 0. The number of benzene rings is 1. The molecule has 1 aromatic carbocycles. The Labute approximate surface area is 117 Å². The van der Waals surface area contributed by atoms with Crippen LogP contribution in [0.15, 0.2) is 36.5 Å². The van der Waals surface area contributed by atoms with Crippen molar-refractivity contribution in [1.82, 2.24) is 15.5 Å². The highest BCUT2D eigenvalue weighted by molar-refractivity contribution is 5.95. The molecule has 0 spiro atoms. The van der Waals surface area contributed by atoms with Crippen molar-refractivity contribution < 1.29 is 4.79 Å². The number of hydrogen-bond donors (Lipinski definition) is 3. The molecule has 1 aliphatic rings. The number of nitrogens with zero attached hydrogens (tertiary/aromatic N) is 1. The van der Waals surface area contributed by atoms with E-state index < -0.39 is 0 Å². The first-order valence-corrected chi connectivity index (χ1v) is 6.79. The molecule has 1 unspecified atom stereocenters. The molecule has 1 saturated heterocycles. The van der Waals surface area contributed by atoms with E-state index in [4.69, 9.17) is 0 Å². The molecule has 0 radical (unpaired) electrons. The quantitative estimate of drug-likeness (QED) is 0.799. The summed E-state index contributed by atoms with van der Waals surface area (Å²) < 4.78 is 0. The Morgan fingerprint density at radius 1 is 1.30 bits per heavy atom. The number of carbonyl (C=O) groups is 1. The van der Waals surface area contributed by atoms with Gasteiger partial charge in [0.2, 0.25) is 5.91 Å². The van der Waals surface area contributed by atoms with Gasteiger partial charge in [-0.25, -0.2) is 0 Å². The van der Waals surface area contributed by atoms with Crippen LogP contribution in [0.5, 0.6) is 0 Å². The van der Waals surface area contributed by atoms with Crippen LogP contribution in [0, 0.1) is 5.41 Å². The summed E-state index contributed by atoms with van der Waals surface area (Å²) in [6.45, 7) is 3.65. The summed E-state index contributed by atoms with van der Waals surface area (Å²) in [6.07, 6.45) is 2.60. The minimum Gasteiger partial charge on any atom is -0.326 e. The van der Waals surface area contributed by atoms with Crippen LogP contribution < -0.4 is 10.6 Å². The van der Waals surface area contributed by atoms with Crippen molar-refractivity contribution in [2.75, 3.05) is 18.4 Å². The van der Waals surface area contributed by atoms with E-state index in [1.54, 1.807) is 6.20 Å². The standard InChI is InChI=1S/C15H18N4O/c1-15(7-9-16-10-15)14(20)18-12-4-2-11(3-5-12)13-6-8-17-19-13/h2-6,8,16H,7,9-10H2,1H3,(H,17,19)(H,18,20). The predicted octanol–water partition coefficient (Wildman–Crippen LogP) is 2.01. The van der Waals surface area contributed by atoms with E-state index in [0.717, 1.165) is 36.5 Å². The Morgan fingerprint density at radius 3 is 2.70 bits per heavy atom. The number of rotatable bonds is 3. The summed E-state index contributed by atoms with van der Waals surface area (Å²) in [5.41, 5.74) is 2.54. The van der Waals surface area contributed by atoms with Crippen LogP contribution in [0.3, 0.4) is 0 Å². The number of nitrogens with one attached hydrogen (secondary N) is 3. The summed E-state index contributed by atoms with van der Waals surface area (Å²) in [6, 6.07) is 9.69. The van der Waals surface area contributed by atoms with Gasteiger partial charge in [-0.1, -0.05) is 12.1 Å². The van der Waals surface area contributed by atoms with Gasteiger partial charge in [0.05, 0.1) is 11.1 Å².